The van der Waals surface area contributed by atoms with Crippen LogP contribution in [0.5, 0.6) is 0 Å². The molecule has 2 unspecified atom stereocenters. The van der Waals surface area contributed by atoms with Crippen LogP contribution in [0.4, 0.5) is 0 Å². The maximum Gasteiger partial charge on any atom is -0.147 e. The molecule has 2 aliphatic carbocycles. The fourth-order valence-electron chi connectivity index (χ4n) is 5.91. The molecular weight excluding hydrogens is 430 g/mol. The maximum absolute atomic E-state index is 3.14. The smallest absolute Gasteiger partial charge is 0.147 e. The quantitative estimate of drug-likeness (QED) is 0.383. The van der Waals surface area contributed by atoms with E-state index in [0.29, 0.717) is 11.8 Å². The van der Waals surface area contributed by atoms with Gasteiger partial charge in [0.15, 0.2) is 0 Å². The molecule has 0 heterocycles. The van der Waals surface area contributed by atoms with Crippen LogP contribution in [0, 0.1) is 11.8 Å². The molecule has 0 saturated heterocycles. The molecule has 0 radical (unpaired) electrons. The van der Waals surface area contributed by atoms with E-state index in [9.17, 15) is 0 Å². The minimum absolute atomic E-state index is 0. The zero-order valence-electron chi connectivity index (χ0n) is 16.3. The SMILES string of the molecule is CC[CH2][Zr](=[SiH2])([CH2]CC)([C]1=C(C)C=CC1C)[C]1=C(C)C=CC1C.Cl.Cl. The second-order valence-electron chi connectivity index (χ2n) is 7.92. The topological polar surface area (TPSA) is 0 Å². The van der Waals surface area contributed by atoms with Crippen LogP contribution in [0.1, 0.15) is 54.4 Å². The molecule has 138 valence electrons. The molecule has 0 aliphatic heterocycles. The Morgan fingerprint density at radius 1 is 0.833 bits per heavy atom. The van der Waals surface area contributed by atoms with Gasteiger partial charge in [-0.25, -0.2) is 0 Å². The van der Waals surface area contributed by atoms with Gasteiger partial charge < -0.3 is 0 Å². The van der Waals surface area contributed by atoms with Crippen molar-refractivity contribution in [3.05, 3.63) is 42.0 Å². The van der Waals surface area contributed by atoms with E-state index in [-0.39, 0.29) is 24.8 Å². The summed E-state index contributed by atoms with van der Waals surface area (Å²) in [6, 6.07) is 0. The second kappa shape index (κ2) is 9.03. The molecule has 0 N–H and O–H groups in total. The van der Waals surface area contributed by atoms with Gasteiger partial charge in [-0.2, -0.15) is 0 Å². The number of rotatable bonds is 6. The van der Waals surface area contributed by atoms with Crippen LogP contribution in [0.25, 0.3) is 0 Å². The van der Waals surface area contributed by atoms with E-state index in [0.717, 1.165) is 0 Å². The second-order valence-corrected chi connectivity index (χ2v) is 32.6. The molecule has 0 aromatic carbocycles. The summed E-state index contributed by atoms with van der Waals surface area (Å²) in [5.41, 5.74) is 3.21. The van der Waals surface area contributed by atoms with Gasteiger partial charge in [0, 0.05) is 0 Å². The summed E-state index contributed by atoms with van der Waals surface area (Å²) in [6.07, 6.45) is 12.4. The van der Waals surface area contributed by atoms with Crippen LogP contribution in [-0.4, -0.2) is 6.88 Å². The van der Waals surface area contributed by atoms with Crippen molar-refractivity contribution in [3.8, 4) is 0 Å². The van der Waals surface area contributed by atoms with Crippen molar-refractivity contribution in [2.75, 3.05) is 0 Å². The zero-order chi connectivity index (χ0) is 16.6. The van der Waals surface area contributed by atoms with Crippen LogP contribution in [-0.2, 0) is 17.4 Å². The molecule has 4 heteroatoms. The summed E-state index contributed by atoms with van der Waals surface area (Å²) in [4.78, 5) is 0. The zero-order valence-corrected chi connectivity index (χ0v) is 21.8. The fraction of sp³-hybridized carbons (Fsp3) is 0.600. The van der Waals surface area contributed by atoms with Crippen LogP contribution in [0.15, 0.2) is 42.0 Å². The molecule has 0 nitrogen and oxygen atoms in total. The Hall–Kier alpha value is 0.640. The van der Waals surface area contributed by atoms with Gasteiger partial charge in [0.1, 0.15) is 0 Å². The molecular formula is C20H36Cl2SiZr. The first kappa shape index (κ1) is 24.6. The molecule has 2 atom stereocenters. The van der Waals surface area contributed by atoms with Crippen LogP contribution < -0.4 is 0 Å². The molecule has 0 spiro atoms. The Bertz CT molecular complexity index is 597. The minimum Gasteiger partial charge on any atom is -0.147 e. The Morgan fingerprint density at radius 3 is 1.38 bits per heavy atom. The Labute approximate surface area is 164 Å². The molecule has 0 bridgehead atoms. The van der Waals surface area contributed by atoms with Crippen molar-refractivity contribution in [1.29, 1.82) is 0 Å². The van der Waals surface area contributed by atoms with Gasteiger partial charge in [-0.05, 0) is 0 Å². The van der Waals surface area contributed by atoms with E-state index in [2.05, 4.69) is 72.7 Å². The van der Waals surface area contributed by atoms with Crippen molar-refractivity contribution in [1.82, 2.24) is 0 Å². The standard InChI is InChI=1S/2C7H9.2C3H7.2ClH.H2Si.Zr/c2*1-6-3-4-7(2)5-6;2*1-3-2;;;;/h2*3-4,6H,1-2H3;2*1,3H2,2H3;2*1H;1H2;. The van der Waals surface area contributed by atoms with E-state index in [1.54, 1.807) is 11.1 Å². The molecule has 0 aromatic heterocycles. The average molecular weight is 467 g/mol. The van der Waals surface area contributed by atoms with Crippen LogP contribution >= 0.6 is 24.8 Å². The summed E-state index contributed by atoms with van der Waals surface area (Å²) >= 11 is -3.14. The molecule has 0 saturated carbocycles. The first-order chi connectivity index (χ1) is 10.3. The van der Waals surface area contributed by atoms with E-state index in [1.807, 2.05) is 6.56 Å². The first-order valence-electron chi connectivity index (χ1n) is 9.12. The third kappa shape index (κ3) is 3.83. The van der Waals surface area contributed by atoms with Gasteiger partial charge in [0.25, 0.3) is 0 Å². The molecule has 0 amide bonds. The third-order valence-corrected chi connectivity index (χ3v) is 34.4. The van der Waals surface area contributed by atoms with Crippen molar-refractivity contribution >= 4 is 31.7 Å². The van der Waals surface area contributed by atoms with Gasteiger partial charge in [-0.1, -0.05) is 0 Å². The van der Waals surface area contributed by atoms with Crippen molar-refractivity contribution < 1.29 is 17.4 Å². The molecule has 2 aliphatic rings. The van der Waals surface area contributed by atoms with Gasteiger partial charge in [0.2, 0.25) is 0 Å². The van der Waals surface area contributed by atoms with E-state index >= 15 is 0 Å². The predicted molar refractivity (Wildman–Crippen MR) is 115 cm³/mol. The maximum atomic E-state index is 2.52. The molecule has 2 rings (SSSR count). The van der Waals surface area contributed by atoms with Crippen molar-refractivity contribution in [3.63, 3.8) is 0 Å². The average Bonchev–Trinajstić information content (AvgIpc) is 2.94. The summed E-state index contributed by atoms with van der Waals surface area (Å²) in [5, 5.41) is 0. The normalized spacial score (nSPS) is 23.6. The number of hydrogen-bond acceptors (Lipinski definition) is 0. The van der Waals surface area contributed by atoms with Gasteiger partial charge in [-0.15, -0.1) is 24.8 Å². The number of hydrogen-bond donors (Lipinski definition) is 0. The van der Waals surface area contributed by atoms with E-state index in [4.69, 9.17) is 0 Å². The fourth-order valence-corrected chi connectivity index (χ4v) is 38.9. The Kier molecular flexibility index (Phi) is 9.27. The third-order valence-electron chi connectivity index (χ3n) is 6.15. The van der Waals surface area contributed by atoms with Gasteiger partial charge in [-0.3, -0.25) is 0 Å². The van der Waals surface area contributed by atoms with Crippen molar-refractivity contribution in [2.24, 2.45) is 11.8 Å². The van der Waals surface area contributed by atoms with Crippen LogP contribution in [0.3, 0.4) is 0 Å². The predicted octanol–water partition coefficient (Wildman–Crippen LogP) is 6.68. The van der Waals surface area contributed by atoms with Gasteiger partial charge in [0.05, 0.1) is 0 Å². The molecule has 0 aromatic rings. The van der Waals surface area contributed by atoms with E-state index < -0.39 is 17.4 Å². The van der Waals surface area contributed by atoms with Crippen molar-refractivity contribution in [2.45, 2.75) is 62.6 Å². The first-order valence-corrected chi connectivity index (χ1v) is 21.0. The Balaban J connectivity index is 0.00000264. The molecule has 0 fully saturated rings. The largest absolute Gasteiger partial charge is 0.147 e. The minimum atomic E-state index is -3.14. The van der Waals surface area contributed by atoms with Crippen LogP contribution in [0.2, 0.25) is 8.26 Å². The Morgan fingerprint density at radius 2 is 1.17 bits per heavy atom. The summed E-state index contributed by atoms with van der Waals surface area (Å²) < 4.78 is 6.78. The summed E-state index contributed by atoms with van der Waals surface area (Å²) in [6.45, 7) is 17.0. The molecule has 24 heavy (non-hydrogen) atoms. The monoisotopic (exact) mass is 464 g/mol. The number of halogens is 2. The van der Waals surface area contributed by atoms with E-state index in [1.165, 1.54) is 21.1 Å². The summed E-state index contributed by atoms with van der Waals surface area (Å²) in [7, 11) is 0. The number of allylic oxidation sites excluding steroid dienone is 8. The van der Waals surface area contributed by atoms with Gasteiger partial charge >= 0.3 is 141 Å². The summed E-state index contributed by atoms with van der Waals surface area (Å²) in [5.74, 6) is 1.32.